The van der Waals surface area contributed by atoms with Gasteiger partial charge in [-0.1, -0.05) is 243 Å². The smallest absolute Gasteiger partial charge is 0.306 e. The highest BCUT2D eigenvalue weighted by atomic mass is 32.2. The summed E-state index contributed by atoms with van der Waals surface area (Å²) in [6, 6.07) is 9.36. The Bertz CT molecular complexity index is 2720. The average molecular weight is 1530 g/mol. The molecule has 0 spiro atoms. The van der Waals surface area contributed by atoms with Crippen LogP contribution in [0, 0.1) is 94.2 Å². The summed E-state index contributed by atoms with van der Waals surface area (Å²) in [6.07, 6.45) is 6.44. The molecule has 0 saturated heterocycles. The Labute approximate surface area is 656 Å². The Morgan fingerprint density at radius 3 is 1.04 bits per heavy atom. The van der Waals surface area contributed by atoms with E-state index >= 15 is 0 Å². The van der Waals surface area contributed by atoms with E-state index in [4.69, 9.17) is 23.7 Å². The van der Waals surface area contributed by atoms with Crippen molar-refractivity contribution in [3.05, 3.63) is 96.7 Å². The summed E-state index contributed by atoms with van der Waals surface area (Å²) >= 11 is 1.80. The quantitative estimate of drug-likeness (QED) is 0.0338. The number of thioether (sulfide) groups is 1. The predicted octanol–water partition coefficient (Wildman–Crippen LogP) is 19.8. The zero-order chi connectivity index (χ0) is 85.2. The summed E-state index contributed by atoms with van der Waals surface area (Å²) in [5.41, 5.74) is 5.90. The normalized spacial score (nSPS) is 13.6. The molecule has 0 aliphatic rings. The maximum Gasteiger partial charge on any atom is 0.306 e. The molecule has 107 heavy (non-hydrogen) atoms. The van der Waals surface area contributed by atoms with Crippen molar-refractivity contribution in [1.29, 1.82) is 0 Å². The van der Waals surface area contributed by atoms with Gasteiger partial charge in [-0.25, -0.2) is 0 Å². The van der Waals surface area contributed by atoms with Gasteiger partial charge in [0.25, 0.3) is 0 Å². The van der Waals surface area contributed by atoms with Gasteiger partial charge < -0.3 is 42.6 Å². The molecule has 9 unspecified atom stereocenters. The number of rotatable bonds is 39. The highest BCUT2D eigenvalue weighted by Crippen LogP contribution is 2.38. The van der Waals surface area contributed by atoms with Crippen LogP contribution in [0.15, 0.2) is 91.1 Å². The summed E-state index contributed by atoms with van der Waals surface area (Å²) in [5.74, 6) is 2.47. The largest absolute Gasteiger partial charge is 0.469 e. The van der Waals surface area contributed by atoms with Crippen LogP contribution in [-0.4, -0.2) is 141 Å². The number of benzene rings is 1. The average Bonchev–Trinajstić information content (AvgIpc) is 0.870. The van der Waals surface area contributed by atoms with E-state index in [9.17, 15) is 43.2 Å². The van der Waals surface area contributed by atoms with Crippen LogP contribution < -0.4 is 0 Å². The molecule has 0 amide bonds. The number of methoxy groups -OCH3 is 9. The predicted molar refractivity (Wildman–Crippen MR) is 440 cm³/mol. The Morgan fingerprint density at radius 1 is 0.393 bits per heavy atom. The van der Waals surface area contributed by atoms with Crippen molar-refractivity contribution >= 4 is 65.1 Å². The number of hydrogen-bond donors (Lipinski definition) is 0. The van der Waals surface area contributed by atoms with E-state index < -0.39 is 17.4 Å². The van der Waals surface area contributed by atoms with Gasteiger partial charge in [-0.05, 0) is 115 Å². The first-order chi connectivity index (χ1) is 49.3. The van der Waals surface area contributed by atoms with Crippen molar-refractivity contribution in [2.24, 2.45) is 94.2 Å². The molecule has 0 aliphatic heterocycles. The zero-order valence-corrected chi connectivity index (χ0v) is 74.4. The molecule has 0 aliphatic carbocycles. The molecule has 0 fully saturated rings. The van der Waals surface area contributed by atoms with E-state index in [0.717, 1.165) is 52.0 Å². The molecule has 0 aromatic heterocycles. The van der Waals surface area contributed by atoms with E-state index in [2.05, 4.69) is 176 Å². The molecule has 0 bridgehead atoms. The fraction of sp³-hybridized carbons (Fsp3) is 0.716. The van der Waals surface area contributed by atoms with E-state index in [-0.39, 0.29) is 119 Å². The Hall–Kier alpha value is -6.18. The van der Waals surface area contributed by atoms with Crippen LogP contribution in [0.2, 0.25) is 0 Å². The monoisotopic (exact) mass is 1530 g/mol. The van der Waals surface area contributed by atoms with Crippen molar-refractivity contribution in [1.82, 2.24) is 0 Å². The Morgan fingerprint density at radius 2 is 0.720 bits per heavy atom. The molecule has 1 aromatic rings. The lowest BCUT2D eigenvalue weighted by molar-refractivity contribution is -0.151. The van der Waals surface area contributed by atoms with Crippen LogP contribution in [0.3, 0.4) is 0 Å². The second-order valence-corrected chi connectivity index (χ2v) is 32.3. The lowest BCUT2D eigenvalue weighted by atomic mass is 9.72. The molecule has 1 rings (SSSR count). The van der Waals surface area contributed by atoms with Crippen molar-refractivity contribution in [2.75, 3.05) is 76.0 Å². The van der Waals surface area contributed by atoms with Crippen LogP contribution in [0.5, 0.6) is 0 Å². The number of esters is 7. The molecule has 9 atom stereocenters. The van der Waals surface area contributed by atoms with Gasteiger partial charge in [-0.3, -0.25) is 43.2 Å². The maximum atomic E-state index is 12.1. The minimum absolute atomic E-state index is 0.0148. The fourth-order valence-electron chi connectivity index (χ4n) is 10.9. The third kappa shape index (κ3) is 49.6. The summed E-state index contributed by atoms with van der Waals surface area (Å²) in [5, 5.41) is 0. The van der Waals surface area contributed by atoms with Gasteiger partial charge in [0, 0.05) is 32.0 Å². The first-order valence-electron chi connectivity index (χ1n) is 37.9. The standard InChI is InChI=1S/C14H18O3.2C13H24O2.C12H22O4.C12H22O3.C12H22O2S.C12H22O2/c1-10(2)14(16)12(9-13(15)17-3)11-7-5-4-6-8-11;1-9(2)10(3)11(13(4,5)6)8-12(14)15-7;1-7-10(4)12(8-13(14)15-6)11(5)9(2)3;1-8(2)11(14)9(7-10(13)15-5)12(3,4)16-6;1-8(2)9(3)11(10(4)14-5)7-12(13)15-6;1-9(2)10(3)11(6-7-15-5)8-12(13)14-4;1-8(2)10(5)11(9(3)4)7-12(13)14-6/h4-8,10,12H,9H2,1-3H3;9,11H,3,8H2,1-2,4-7H3;9-10,12H,5,7-8H2,1-4,6H3;8-9H,7H2,1-6H3;8,10-11H,3,7H2,1-2,4-6H3;9,11H,3,6-8H2,1-2,4-5H3;8-9,11H,5,7H2,1-4,6H3. The lowest BCUT2D eigenvalue weighted by Crippen LogP contribution is -2.42. The zero-order valence-electron chi connectivity index (χ0n) is 73.6. The van der Waals surface area contributed by atoms with Crippen LogP contribution >= 0.6 is 11.8 Å². The molecule has 1 aromatic carbocycles. The molecule has 18 nitrogen and oxygen atoms in total. The fourth-order valence-corrected chi connectivity index (χ4v) is 11.4. The van der Waals surface area contributed by atoms with Gasteiger partial charge in [0.15, 0.2) is 0 Å². The second kappa shape index (κ2) is 60.6. The number of carbonyl (C=O) groups is 9. The third-order valence-electron chi connectivity index (χ3n) is 19.6. The molecular weight excluding hydrogens is 1380 g/mol. The van der Waals surface area contributed by atoms with Crippen molar-refractivity contribution < 1.29 is 85.8 Å². The summed E-state index contributed by atoms with van der Waals surface area (Å²) in [6.45, 7) is 69.2. The highest BCUT2D eigenvalue weighted by Gasteiger charge is 2.38. The van der Waals surface area contributed by atoms with Gasteiger partial charge in [-0.15, -0.1) is 0 Å². The van der Waals surface area contributed by atoms with Crippen LogP contribution in [0.1, 0.15) is 235 Å². The number of ether oxygens (including phenoxy) is 9. The number of Topliss-reactive ketones (excluding diaryl/α,β-unsaturated/α-hetero) is 2. The third-order valence-corrected chi connectivity index (χ3v) is 20.2. The molecule has 0 N–H and O–H groups in total. The number of carbonyl (C=O) groups excluding carboxylic acids is 9. The van der Waals surface area contributed by atoms with E-state index in [1.165, 1.54) is 56.9 Å². The topological polar surface area (TPSA) is 237 Å². The van der Waals surface area contributed by atoms with E-state index in [1.54, 1.807) is 32.7 Å². The van der Waals surface area contributed by atoms with Crippen LogP contribution in [0.25, 0.3) is 0 Å². The van der Waals surface area contributed by atoms with Gasteiger partial charge in [0.05, 0.1) is 118 Å². The molecule has 0 radical (unpaired) electrons. The molecule has 19 heteroatoms. The molecule has 0 heterocycles. The van der Waals surface area contributed by atoms with Crippen molar-refractivity contribution in [2.45, 2.75) is 242 Å². The van der Waals surface area contributed by atoms with E-state index in [0.29, 0.717) is 73.5 Å². The summed E-state index contributed by atoms with van der Waals surface area (Å²) in [4.78, 5) is 103. The van der Waals surface area contributed by atoms with Gasteiger partial charge >= 0.3 is 41.8 Å². The van der Waals surface area contributed by atoms with E-state index in [1.807, 2.05) is 65.0 Å². The second-order valence-electron chi connectivity index (χ2n) is 31.3. The molecule has 620 valence electrons. The van der Waals surface area contributed by atoms with Crippen molar-refractivity contribution in [3.8, 4) is 0 Å². The highest BCUT2D eigenvalue weighted by molar-refractivity contribution is 7.98. The first-order valence-corrected chi connectivity index (χ1v) is 39.3. The summed E-state index contributed by atoms with van der Waals surface area (Å²) in [7, 11) is 13.0. The molecule has 0 saturated carbocycles. The van der Waals surface area contributed by atoms with Gasteiger partial charge in [0.1, 0.15) is 11.6 Å². The van der Waals surface area contributed by atoms with Crippen LogP contribution in [0.4, 0.5) is 0 Å². The van der Waals surface area contributed by atoms with Crippen molar-refractivity contribution in [3.63, 3.8) is 0 Å². The SMILES string of the molecule is C=C(C(C)C)C(CC(=O)OC)C(C)(C)C.C=C(C(C)C)C(CC(=O)OC)C(C)C.C=C(C(C)C)C(CC(=O)OC)C(C)CC.C=C(C(C)C)C(CC(=O)OC)C(C)OC.C=C(C(C)C)C(CCSC)CC(=O)OC.COC(=O)CC(C(=O)C(C)C)C(C)(C)OC.COC(=O)CC(C(=O)C(C)C)c1ccccc1. The molecular formula is C88H154O18S. The van der Waals surface area contributed by atoms with Gasteiger partial charge in [0.2, 0.25) is 0 Å². The minimum atomic E-state index is -0.657. The van der Waals surface area contributed by atoms with Gasteiger partial charge in [-0.2, -0.15) is 11.8 Å². The summed E-state index contributed by atoms with van der Waals surface area (Å²) < 4.78 is 43.3. The Balaban J connectivity index is -0.000000278. The Kier molecular flexibility index (Phi) is 63.3. The van der Waals surface area contributed by atoms with Crippen LogP contribution in [-0.2, 0) is 85.8 Å². The number of hydrogen-bond acceptors (Lipinski definition) is 19. The number of ketones is 2. The first kappa shape index (κ1) is 112. The lowest BCUT2D eigenvalue weighted by Gasteiger charge is -2.33. The number of allylic oxidation sites excluding steroid dienone is 4. The maximum absolute atomic E-state index is 12.1. The minimum Gasteiger partial charge on any atom is -0.469 e.